The van der Waals surface area contributed by atoms with Gasteiger partial charge in [0, 0.05) is 64.7 Å². The van der Waals surface area contributed by atoms with Gasteiger partial charge in [0.25, 0.3) is 10.1 Å². The summed E-state index contributed by atoms with van der Waals surface area (Å²) in [7, 11) is -8.49. The van der Waals surface area contributed by atoms with Crippen LogP contribution in [0.2, 0.25) is 0 Å². The molecule has 1 atom stereocenters. The minimum Gasteiger partial charge on any atom is -0.748 e. The van der Waals surface area contributed by atoms with Gasteiger partial charge in [-0.25, -0.2) is 8.42 Å². The van der Waals surface area contributed by atoms with Crippen LogP contribution in [0.4, 0.5) is 11.4 Å². The van der Waals surface area contributed by atoms with E-state index in [4.69, 9.17) is 11.6 Å². The van der Waals surface area contributed by atoms with Gasteiger partial charge in [-0.15, -0.1) is 0 Å². The van der Waals surface area contributed by atoms with Crippen LogP contribution in [-0.2, 0) is 35.9 Å². The van der Waals surface area contributed by atoms with Crippen LogP contribution in [-0.4, -0.2) is 71.9 Å². The first-order valence-electron chi connectivity index (χ1n) is 17.6. The number of anilines is 1. The average Bonchev–Trinajstić information content (AvgIpc) is 3.42. The van der Waals surface area contributed by atoms with E-state index in [-0.39, 0.29) is 30.4 Å². The van der Waals surface area contributed by atoms with E-state index in [1.54, 1.807) is 0 Å². The number of carboxylic acids is 1. The van der Waals surface area contributed by atoms with E-state index in [0.717, 1.165) is 64.3 Å². The topological polar surface area (TPSA) is 155 Å². The number of para-hydroxylation sites is 2. The van der Waals surface area contributed by atoms with E-state index >= 15 is 0 Å². The highest BCUT2D eigenvalue weighted by molar-refractivity contribution is 7.85. The molecular weight excluding hydrogens is 724 g/mol. The molecule has 280 valence electrons. The van der Waals surface area contributed by atoms with Crippen molar-refractivity contribution in [1.82, 2.24) is 0 Å². The molecule has 13 heteroatoms. The van der Waals surface area contributed by atoms with E-state index in [2.05, 4.69) is 37.5 Å². The zero-order valence-corrected chi connectivity index (χ0v) is 32.2. The lowest BCUT2D eigenvalue weighted by Gasteiger charge is -2.31. The first-order chi connectivity index (χ1) is 24.4. The molecule has 0 saturated carbocycles. The van der Waals surface area contributed by atoms with E-state index in [1.165, 1.54) is 0 Å². The van der Waals surface area contributed by atoms with Crippen molar-refractivity contribution in [2.45, 2.75) is 83.0 Å². The third kappa shape index (κ3) is 8.97. The maximum Gasteiger partial charge on any atom is 0.303 e. The van der Waals surface area contributed by atoms with Gasteiger partial charge >= 0.3 is 5.97 Å². The van der Waals surface area contributed by atoms with Crippen LogP contribution in [0.1, 0.15) is 83.3 Å². The lowest BCUT2D eigenvalue weighted by atomic mass is 9.77. The van der Waals surface area contributed by atoms with Gasteiger partial charge in [0.05, 0.1) is 21.3 Å². The van der Waals surface area contributed by atoms with E-state index in [1.807, 2.05) is 65.6 Å². The second-order valence-electron chi connectivity index (χ2n) is 14.5. The molecule has 2 aromatic carbocycles. The molecule has 0 spiro atoms. The largest absolute Gasteiger partial charge is 0.748 e. The van der Waals surface area contributed by atoms with Crippen molar-refractivity contribution in [2.75, 3.05) is 29.5 Å². The van der Waals surface area contributed by atoms with Crippen molar-refractivity contribution >= 4 is 54.9 Å². The smallest absolute Gasteiger partial charge is 0.303 e. The third-order valence-electron chi connectivity index (χ3n) is 10.4. The molecule has 0 saturated heterocycles. The zero-order chi connectivity index (χ0) is 37.9. The molecule has 5 rings (SSSR count). The minimum absolute atomic E-state index is 0.0175. The summed E-state index contributed by atoms with van der Waals surface area (Å²) in [5.74, 6) is -1.69. The minimum atomic E-state index is -4.40. The number of hydrogen-bond donors (Lipinski definition) is 2. The monoisotopic (exact) mass is 770 g/mol. The second-order valence-corrected chi connectivity index (χ2v) is 17.9. The maximum absolute atomic E-state index is 11.5. The Labute approximate surface area is 312 Å². The Hall–Kier alpha value is -3.55. The molecule has 0 fully saturated rings. The van der Waals surface area contributed by atoms with Crippen LogP contribution < -0.4 is 4.90 Å². The van der Waals surface area contributed by atoms with Crippen LogP contribution in [0.15, 0.2) is 94.7 Å². The third-order valence-corrected chi connectivity index (χ3v) is 12.5. The molecule has 10 nitrogen and oxygen atoms in total. The molecule has 0 amide bonds. The standard InChI is InChI=1S/C39H47ClN2O8S2/c1-38(2)30-14-4-6-16-32(30)41(24-10-26-51(45,46)47)34(38)21-19-28-12-8-13-29(37(28)40)20-22-35-39(3,23-9-18-36(43)44)31-15-5-7-17-33(31)42(35)25-11-27-52(48,49)50/h4-7,14-17,19-22H,8-13,18,23-27H2,1-3H3,(H2-,43,44,45,46,47,48,49,50). The SMILES string of the molecule is CC1(C)C(/C=C/C2=C(Cl)C(=C/C=C3/N(CCCS(=O)(=O)[O-])c4ccccc4C3(C)CCCC(=O)O)/CCC2)=[N+](CCCS(=O)(=O)O)c2ccccc21. The number of carbonyl (C=O) groups is 1. The molecule has 2 N–H and O–H groups in total. The lowest BCUT2D eigenvalue weighted by molar-refractivity contribution is -0.437. The summed E-state index contributed by atoms with van der Waals surface area (Å²) in [6.45, 7) is 7.06. The van der Waals surface area contributed by atoms with Gasteiger partial charge in [0.15, 0.2) is 5.71 Å². The molecule has 2 aliphatic heterocycles. The molecule has 0 radical (unpaired) electrons. The molecular formula is C39H47ClN2O8S2. The molecule has 2 aromatic rings. The maximum atomic E-state index is 11.5. The summed E-state index contributed by atoms with van der Waals surface area (Å²) < 4.78 is 68.9. The molecule has 0 aromatic heterocycles. The predicted molar refractivity (Wildman–Crippen MR) is 204 cm³/mol. The number of benzene rings is 2. The van der Waals surface area contributed by atoms with E-state index in [0.29, 0.717) is 31.0 Å². The lowest BCUT2D eigenvalue weighted by Crippen LogP contribution is -2.30. The van der Waals surface area contributed by atoms with Crippen LogP contribution in [0.5, 0.6) is 0 Å². The fourth-order valence-electron chi connectivity index (χ4n) is 7.87. The first-order valence-corrected chi connectivity index (χ1v) is 21.2. The fourth-order valence-corrected chi connectivity index (χ4v) is 9.16. The normalized spacial score (nSPS) is 21.8. The summed E-state index contributed by atoms with van der Waals surface area (Å²) >= 11 is 7.13. The zero-order valence-electron chi connectivity index (χ0n) is 29.8. The number of rotatable bonds is 15. The highest BCUT2D eigenvalue weighted by atomic mass is 35.5. The average molecular weight is 771 g/mol. The van der Waals surface area contributed by atoms with Crippen molar-refractivity contribution < 1.29 is 40.4 Å². The number of allylic oxidation sites excluding steroid dienone is 8. The summed E-state index contributed by atoms with van der Waals surface area (Å²) in [6.07, 6.45) is 11.9. The summed E-state index contributed by atoms with van der Waals surface area (Å²) in [4.78, 5) is 13.5. The molecule has 3 aliphatic rings. The fraction of sp³-hybridized carbons (Fsp3) is 0.436. The van der Waals surface area contributed by atoms with Gasteiger partial charge in [0.1, 0.15) is 6.54 Å². The number of nitrogens with zero attached hydrogens (tertiary/aromatic N) is 2. The van der Waals surface area contributed by atoms with Gasteiger partial charge in [0.2, 0.25) is 5.69 Å². The number of fused-ring (bicyclic) bond motifs is 2. The van der Waals surface area contributed by atoms with E-state index < -0.39 is 37.4 Å². The van der Waals surface area contributed by atoms with Crippen molar-refractivity contribution in [3.05, 3.63) is 106 Å². The van der Waals surface area contributed by atoms with Crippen LogP contribution in [0.25, 0.3) is 0 Å². The number of aliphatic carboxylic acids is 1. The predicted octanol–water partition coefficient (Wildman–Crippen LogP) is 7.35. The van der Waals surface area contributed by atoms with Crippen LogP contribution in [0, 0.1) is 0 Å². The Morgan fingerprint density at radius 2 is 1.63 bits per heavy atom. The molecule has 0 bridgehead atoms. The number of halogens is 1. The van der Waals surface area contributed by atoms with Gasteiger partial charge < -0.3 is 14.6 Å². The Bertz CT molecular complexity index is 2100. The van der Waals surface area contributed by atoms with Crippen molar-refractivity contribution in [1.29, 1.82) is 0 Å². The Morgan fingerprint density at radius 1 is 0.942 bits per heavy atom. The molecule has 2 heterocycles. The highest BCUT2D eigenvalue weighted by Gasteiger charge is 2.44. The van der Waals surface area contributed by atoms with Gasteiger partial charge in [-0.3, -0.25) is 9.35 Å². The molecule has 1 aliphatic carbocycles. The molecule has 1 unspecified atom stereocenters. The summed E-state index contributed by atoms with van der Waals surface area (Å²) in [5, 5.41) is 10.0. The van der Waals surface area contributed by atoms with E-state index in [9.17, 15) is 35.8 Å². The van der Waals surface area contributed by atoms with Gasteiger partial charge in [-0.1, -0.05) is 60.2 Å². The van der Waals surface area contributed by atoms with Crippen LogP contribution >= 0.6 is 11.6 Å². The van der Waals surface area contributed by atoms with Gasteiger partial charge in [-0.2, -0.15) is 13.0 Å². The van der Waals surface area contributed by atoms with Crippen LogP contribution in [0.3, 0.4) is 0 Å². The van der Waals surface area contributed by atoms with Crippen molar-refractivity contribution in [2.24, 2.45) is 0 Å². The van der Waals surface area contributed by atoms with Crippen molar-refractivity contribution in [3.63, 3.8) is 0 Å². The Morgan fingerprint density at radius 3 is 2.33 bits per heavy atom. The summed E-state index contributed by atoms with van der Waals surface area (Å²) in [6, 6.07) is 15.9. The molecule has 52 heavy (non-hydrogen) atoms. The Balaban J connectivity index is 1.51. The quantitative estimate of drug-likeness (QED) is 0.140. The Kier molecular flexibility index (Phi) is 12.1. The van der Waals surface area contributed by atoms with Gasteiger partial charge in [-0.05, 0) is 88.1 Å². The number of hydrogen-bond acceptors (Lipinski definition) is 7. The number of carboxylic acid groups (broad SMARTS) is 1. The van der Waals surface area contributed by atoms with Crippen molar-refractivity contribution in [3.8, 4) is 0 Å². The highest BCUT2D eigenvalue weighted by Crippen LogP contribution is 2.51. The summed E-state index contributed by atoms with van der Waals surface area (Å²) in [5.41, 5.74) is 6.90. The first kappa shape index (κ1) is 39.7. The second kappa shape index (κ2) is 15.8.